The molecule has 3 heterocycles. The fraction of sp³-hybridized carbons (Fsp3) is 0. The summed E-state index contributed by atoms with van der Waals surface area (Å²) in [6, 6.07) is 65.8. The van der Waals surface area contributed by atoms with E-state index < -0.39 is 0 Å². The maximum Gasteiger partial charge on any atom is 0.235 e. The molecule has 0 spiro atoms. The third kappa shape index (κ3) is 3.87. The molecule has 0 aliphatic heterocycles. The smallest absolute Gasteiger partial charge is 0.235 e. The summed E-state index contributed by atoms with van der Waals surface area (Å²) in [6.07, 6.45) is 0. The van der Waals surface area contributed by atoms with E-state index in [1.165, 1.54) is 71.3 Å². The van der Waals surface area contributed by atoms with Gasteiger partial charge in [0, 0.05) is 37.9 Å². The summed E-state index contributed by atoms with van der Waals surface area (Å²) in [5, 5.41) is 10.7. The van der Waals surface area contributed by atoms with Crippen molar-refractivity contribution in [2.24, 2.45) is 0 Å². The van der Waals surface area contributed by atoms with Crippen LogP contribution >= 0.6 is 0 Å². The average Bonchev–Trinajstić information content (AvgIpc) is 3.89. The molecule has 0 atom stereocenters. The second kappa shape index (κ2) is 11.0. The van der Waals surface area contributed by atoms with Crippen LogP contribution < -0.4 is 0 Å². The van der Waals surface area contributed by atoms with Gasteiger partial charge in [-0.25, -0.2) is 9.97 Å². The molecule has 9 aromatic carbocycles. The Morgan fingerprint density at radius 2 is 0.857 bits per heavy atom. The first-order chi connectivity index (χ1) is 27.8. The van der Waals surface area contributed by atoms with Gasteiger partial charge in [-0.2, -0.15) is 0 Å². The SMILES string of the molecule is c1ccc2c(c1)-c1cccc3c(-c4nc(-n5c6ccccc6c6c(-n7c8ccccc8c8ccccc87)c7ccccc7cc65)nc5ccccc45)ccc-2c13. The largest absolute Gasteiger partial charge is 0.308 e. The minimum Gasteiger partial charge on any atom is -0.308 e. The zero-order valence-electron chi connectivity index (χ0n) is 30.1. The van der Waals surface area contributed by atoms with Gasteiger partial charge in [-0.15, -0.1) is 0 Å². The predicted molar refractivity (Wildman–Crippen MR) is 233 cm³/mol. The second-order valence-corrected chi connectivity index (χ2v) is 14.9. The molecule has 258 valence electrons. The van der Waals surface area contributed by atoms with Crippen LogP contribution in [0.5, 0.6) is 0 Å². The summed E-state index contributed by atoms with van der Waals surface area (Å²) in [5.74, 6) is 0.653. The number of aromatic nitrogens is 4. The van der Waals surface area contributed by atoms with E-state index in [1.807, 2.05) is 0 Å². The van der Waals surface area contributed by atoms with E-state index in [9.17, 15) is 0 Å². The molecule has 4 nitrogen and oxygen atoms in total. The highest BCUT2D eigenvalue weighted by molar-refractivity contribution is 6.23. The first kappa shape index (κ1) is 29.8. The molecule has 12 aromatic rings. The van der Waals surface area contributed by atoms with Crippen LogP contribution in [-0.2, 0) is 0 Å². The first-order valence-electron chi connectivity index (χ1n) is 19.2. The molecule has 0 bridgehead atoms. The molecule has 1 aliphatic carbocycles. The molecule has 0 saturated carbocycles. The molecule has 0 saturated heterocycles. The average molecular weight is 711 g/mol. The van der Waals surface area contributed by atoms with Crippen LogP contribution in [0.15, 0.2) is 182 Å². The molecule has 0 amide bonds. The van der Waals surface area contributed by atoms with Gasteiger partial charge in [0.1, 0.15) is 0 Å². The van der Waals surface area contributed by atoms with Gasteiger partial charge in [0.2, 0.25) is 5.95 Å². The van der Waals surface area contributed by atoms with Crippen LogP contribution in [0.25, 0.3) is 121 Å². The van der Waals surface area contributed by atoms with Crippen molar-refractivity contribution in [1.82, 2.24) is 19.1 Å². The van der Waals surface area contributed by atoms with Gasteiger partial charge in [-0.1, -0.05) is 152 Å². The Morgan fingerprint density at radius 3 is 1.61 bits per heavy atom. The van der Waals surface area contributed by atoms with Crippen molar-refractivity contribution in [2.75, 3.05) is 0 Å². The molecular weight excluding hydrogens is 681 g/mol. The minimum absolute atomic E-state index is 0.653. The molecule has 13 rings (SSSR count). The lowest BCUT2D eigenvalue weighted by Gasteiger charge is -2.16. The van der Waals surface area contributed by atoms with Crippen molar-refractivity contribution < 1.29 is 0 Å². The van der Waals surface area contributed by atoms with Crippen LogP contribution in [0.4, 0.5) is 0 Å². The number of hydrogen-bond donors (Lipinski definition) is 0. The standard InChI is InChI=1S/C52H30N4/c1-2-15-32-31(14-1)30-47-49(51(32)55-44-25-10-6-18-35(44)36-19-7-11-26-45(36)55)42-21-8-12-27-46(42)56(47)52-53-43-24-9-5-20-41(43)50(54-52)40-29-28-39-34-17-4-3-16-33(34)37-22-13-23-38(40)48(37)39/h1-30H. The number of benzene rings is 9. The highest BCUT2D eigenvalue weighted by Crippen LogP contribution is 2.50. The fourth-order valence-corrected chi connectivity index (χ4v) is 9.76. The predicted octanol–water partition coefficient (Wildman–Crippen LogP) is 13.4. The minimum atomic E-state index is 0.653. The van der Waals surface area contributed by atoms with Gasteiger partial charge < -0.3 is 4.57 Å². The summed E-state index contributed by atoms with van der Waals surface area (Å²) in [7, 11) is 0. The Labute approximate surface area is 321 Å². The van der Waals surface area contributed by atoms with Crippen molar-refractivity contribution in [3.05, 3.63) is 182 Å². The van der Waals surface area contributed by atoms with Crippen LogP contribution in [0.2, 0.25) is 0 Å². The van der Waals surface area contributed by atoms with E-state index in [0.717, 1.165) is 44.0 Å². The Kier molecular flexibility index (Phi) is 5.86. The highest BCUT2D eigenvalue weighted by Gasteiger charge is 2.26. The number of rotatable bonds is 3. The van der Waals surface area contributed by atoms with Gasteiger partial charge in [0.05, 0.1) is 39.0 Å². The van der Waals surface area contributed by atoms with Crippen LogP contribution in [0.1, 0.15) is 0 Å². The zero-order chi connectivity index (χ0) is 36.5. The van der Waals surface area contributed by atoms with Gasteiger partial charge in [0.15, 0.2) is 0 Å². The van der Waals surface area contributed by atoms with Crippen molar-refractivity contribution in [2.45, 2.75) is 0 Å². The molecule has 0 fully saturated rings. The van der Waals surface area contributed by atoms with E-state index in [1.54, 1.807) is 0 Å². The van der Waals surface area contributed by atoms with Crippen molar-refractivity contribution in [3.8, 4) is 45.1 Å². The van der Waals surface area contributed by atoms with E-state index in [-0.39, 0.29) is 0 Å². The maximum atomic E-state index is 5.61. The van der Waals surface area contributed by atoms with Crippen LogP contribution in [0, 0.1) is 0 Å². The third-order valence-corrected chi connectivity index (χ3v) is 12.1. The normalized spacial score (nSPS) is 12.3. The first-order valence-corrected chi connectivity index (χ1v) is 19.2. The van der Waals surface area contributed by atoms with E-state index in [4.69, 9.17) is 9.97 Å². The second-order valence-electron chi connectivity index (χ2n) is 14.9. The zero-order valence-corrected chi connectivity index (χ0v) is 30.1. The highest BCUT2D eigenvalue weighted by atomic mass is 15.2. The number of hydrogen-bond acceptors (Lipinski definition) is 2. The molecule has 0 radical (unpaired) electrons. The van der Waals surface area contributed by atoms with Gasteiger partial charge in [-0.05, 0) is 68.7 Å². The molecular formula is C52H30N4. The fourth-order valence-electron chi connectivity index (χ4n) is 9.76. The summed E-state index contributed by atoms with van der Waals surface area (Å²) < 4.78 is 4.77. The summed E-state index contributed by atoms with van der Waals surface area (Å²) in [5.41, 5.74) is 13.7. The van der Waals surface area contributed by atoms with Crippen molar-refractivity contribution >= 4 is 76.1 Å². The molecule has 1 aliphatic rings. The Bertz CT molecular complexity index is 3580. The van der Waals surface area contributed by atoms with Crippen LogP contribution in [-0.4, -0.2) is 19.1 Å². The van der Waals surface area contributed by atoms with Crippen LogP contribution in [0.3, 0.4) is 0 Å². The lowest BCUT2D eigenvalue weighted by Crippen LogP contribution is -2.04. The Balaban J connectivity index is 1.16. The van der Waals surface area contributed by atoms with E-state index >= 15 is 0 Å². The quantitative estimate of drug-likeness (QED) is 0.183. The maximum absolute atomic E-state index is 5.61. The summed E-state index contributed by atoms with van der Waals surface area (Å²) in [4.78, 5) is 11.0. The summed E-state index contributed by atoms with van der Waals surface area (Å²) >= 11 is 0. The lowest BCUT2D eigenvalue weighted by atomic mass is 9.95. The van der Waals surface area contributed by atoms with E-state index in [2.05, 4.69) is 191 Å². The molecule has 3 aromatic heterocycles. The lowest BCUT2D eigenvalue weighted by molar-refractivity contribution is 1.01. The summed E-state index contributed by atoms with van der Waals surface area (Å²) in [6.45, 7) is 0. The van der Waals surface area contributed by atoms with Crippen molar-refractivity contribution in [3.63, 3.8) is 0 Å². The van der Waals surface area contributed by atoms with Gasteiger partial charge >= 0.3 is 0 Å². The van der Waals surface area contributed by atoms with Crippen molar-refractivity contribution in [1.29, 1.82) is 0 Å². The monoisotopic (exact) mass is 710 g/mol. The molecule has 56 heavy (non-hydrogen) atoms. The molecule has 4 heteroatoms. The van der Waals surface area contributed by atoms with Gasteiger partial charge in [-0.3, -0.25) is 4.57 Å². The van der Waals surface area contributed by atoms with Gasteiger partial charge in [0.25, 0.3) is 0 Å². The third-order valence-electron chi connectivity index (χ3n) is 12.1. The van der Waals surface area contributed by atoms with E-state index in [0.29, 0.717) is 5.95 Å². The molecule has 0 unspecified atom stereocenters. The topological polar surface area (TPSA) is 35.6 Å². The number of fused-ring (bicyclic) bond motifs is 11. The Hall–Kier alpha value is -7.56. The number of nitrogens with zero attached hydrogens (tertiary/aromatic N) is 4. The number of para-hydroxylation sites is 4. The molecule has 0 N–H and O–H groups in total. The Morgan fingerprint density at radius 1 is 0.321 bits per heavy atom.